The van der Waals surface area contributed by atoms with Gasteiger partial charge in [-0.2, -0.15) is 0 Å². The van der Waals surface area contributed by atoms with Crippen LogP contribution in [0.1, 0.15) is 140 Å². The maximum Gasteiger partial charge on any atom is 0.343 e. The van der Waals surface area contributed by atoms with E-state index in [9.17, 15) is 14.9 Å². The highest BCUT2D eigenvalue weighted by atomic mass is 16.6. The molecule has 3 aromatic rings. The first-order chi connectivity index (χ1) is 25.4. The van der Waals surface area contributed by atoms with Crippen molar-refractivity contribution in [3.05, 3.63) is 107 Å². The minimum atomic E-state index is -0.591. The largest absolute Gasteiger partial charge is 0.494 e. The summed E-state index contributed by atoms with van der Waals surface area (Å²) in [7, 11) is 0. The van der Waals surface area contributed by atoms with E-state index in [-0.39, 0.29) is 23.3 Å². The number of unbranched alkanes of at least 4 members (excludes halogenated alkanes) is 12. The molecule has 7 heteroatoms. The minimum Gasteiger partial charge on any atom is -0.494 e. The molecule has 0 saturated carbocycles. The third-order valence-electron chi connectivity index (χ3n) is 9.05. The van der Waals surface area contributed by atoms with E-state index < -0.39 is 10.9 Å². The monoisotopic (exact) mass is 711 g/mol. The number of rotatable bonds is 27. The Bertz CT molecular complexity index is 1500. The van der Waals surface area contributed by atoms with Gasteiger partial charge in [-0.15, -0.1) is 0 Å². The van der Waals surface area contributed by atoms with Crippen LogP contribution >= 0.6 is 0 Å². The average Bonchev–Trinajstić information content (AvgIpc) is 3.15. The van der Waals surface area contributed by atoms with Gasteiger partial charge in [0, 0.05) is 0 Å². The Balaban J connectivity index is 1.34. The van der Waals surface area contributed by atoms with Crippen molar-refractivity contribution in [3.8, 4) is 28.4 Å². The molecule has 0 aliphatic carbocycles. The lowest BCUT2D eigenvalue weighted by atomic mass is 10.0. The Morgan fingerprint density at radius 3 is 1.90 bits per heavy atom. The second kappa shape index (κ2) is 25.5. The van der Waals surface area contributed by atoms with E-state index in [0.29, 0.717) is 12.2 Å². The molecule has 0 N–H and O–H groups in total. The van der Waals surface area contributed by atoms with Crippen LogP contribution in [-0.4, -0.2) is 23.6 Å². The highest BCUT2D eigenvalue weighted by molar-refractivity contribution is 5.91. The third-order valence-corrected chi connectivity index (χ3v) is 9.05. The zero-order valence-electron chi connectivity index (χ0n) is 31.9. The lowest BCUT2D eigenvalue weighted by Crippen LogP contribution is -2.13. The number of ether oxygens (including phenoxy) is 3. The summed E-state index contributed by atoms with van der Waals surface area (Å²) in [5, 5.41) is 11.8. The molecule has 0 heterocycles. The van der Waals surface area contributed by atoms with Crippen molar-refractivity contribution in [3.63, 3.8) is 0 Å². The molecule has 0 aliphatic rings. The first kappa shape index (κ1) is 42.0. The number of esters is 1. The van der Waals surface area contributed by atoms with E-state index in [1.54, 1.807) is 12.1 Å². The van der Waals surface area contributed by atoms with Crippen LogP contribution < -0.4 is 14.2 Å². The van der Waals surface area contributed by atoms with Gasteiger partial charge in [-0.05, 0) is 106 Å². The molecular weight excluding hydrogens is 650 g/mol. The van der Waals surface area contributed by atoms with Crippen molar-refractivity contribution in [2.75, 3.05) is 6.61 Å². The predicted octanol–water partition coefficient (Wildman–Crippen LogP) is 13.4. The van der Waals surface area contributed by atoms with E-state index in [4.69, 9.17) is 14.2 Å². The molecule has 0 fully saturated rings. The lowest BCUT2D eigenvalue weighted by Gasteiger charge is -2.15. The molecule has 0 bridgehead atoms. The van der Waals surface area contributed by atoms with Crippen molar-refractivity contribution in [2.45, 2.75) is 136 Å². The fraction of sp³-hybridized carbons (Fsp3) is 0.489. The van der Waals surface area contributed by atoms with Gasteiger partial charge in [0.25, 0.3) is 0 Å². The van der Waals surface area contributed by atoms with Crippen LogP contribution in [0, 0.1) is 10.1 Å². The second-order valence-corrected chi connectivity index (χ2v) is 13.6. The smallest absolute Gasteiger partial charge is 0.343 e. The molecule has 0 radical (unpaired) electrons. The van der Waals surface area contributed by atoms with Gasteiger partial charge < -0.3 is 14.2 Å². The molecule has 0 aromatic heterocycles. The maximum atomic E-state index is 12.9. The minimum absolute atomic E-state index is 0.0924. The molecule has 0 saturated heterocycles. The van der Waals surface area contributed by atoms with E-state index in [1.165, 1.54) is 82.4 Å². The van der Waals surface area contributed by atoms with Gasteiger partial charge in [0.2, 0.25) is 0 Å². The number of hydrogen-bond donors (Lipinski definition) is 0. The van der Waals surface area contributed by atoms with E-state index >= 15 is 0 Å². The Hall–Kier alpha value is -4.39. The molecule has 0 amide bonds. The number of carbonyl (C=O) groups excluding carboxylic acids is 1. The first-order valence-electron chi connectivity index (χ1n) is 19.7. The summed E-state index contributed by atoms with van der Waals surface area (Å²) in [6.07, 6.45) is 29.0. The molecular formula is C45H61NO6. The van der Waals surface area contributed by atoms with Gasteiger partial charge >= 0.3 is 11.7 Å². The summed E-state index contributed by atoms with van der Waals surface area (Å²) in [6.45, 7) is 7.02. The van der Waals surface area contributed by atoms with Crippen LogP contribution in [0.2, 0.25) is 0 Å². The summed E-state index contributed by atoms with van der Waals surface area (Å²) < 4.78 is 17.3. The third kappa shape index (κ3) is 16.8. The van der Waals surface area contributed by atoms with Crippen LogP contribution in [0.25, 0.3) is 11.1 Å². The highest BCUT2D eigenvalue weighted by Crippen LogP contribution is 2.33. The van der Waals surface area contributed by atoms with Crippen molar-refractivity contribution >= 4 is 11.7 Å². The van der Waals surface area contributed by atoms with Crippen LogP contribution in [0.5, 0.6) is 17.2 Å². The van der Waals surface area contributed by atoms with Crippen LogP contribution in [0.4, 0.5) is 5.69 Å². The quantitative estimate of drug-likeness (QED) is 0.0195. The zero-order chi connectivity index (χ0) is 37.2. The second-order valence-electron chi connectivity index (χ2n) is 13.6. The fourth-order valence-corrected chi connectivity index (χ4v) is 5.93. The van der Waals surface area contributed by atoms with Crippen molar-refractivity contribution in [1.82, 2.24) is 0 Å². The van der Waals surface area contributed by atoms with E-state index in [2.05, 4.69) is 38.2 Å². The Morgan fingerprint density at radius 1 is 0.692 bits per heavy atom. The number of allylic oxidation sites excluding steroid dienone is 4. The molecule has 0 unspecified atom stereocenters. The van der Waals surface area contributed by atoms with Crippen LogP contribution in [0.3, 0.4) is 0 Å². The van der Waals surface area contributed by atoms with Crippen LogP contribution in [-0.2, 0) is 0 Å². The number of nitro benzene ring substituents is 1. The van der Waals surface area contributed by atoms with Gasteiger partial charge in [-0.1, -0.05) is 120 Å². The number of nitrogens with zero attached hydrogens (tertiary/aromatic N) is 1. The SMILES string of the molecule is CCCCC/C=C\C/C=C\CCCCCCCCOc1ccc(-c2ccc(C(=O)Oc3ccc(O[C@@H](C)CCCCCC)c([N+](=O)[O-])c3)cc2)cc1. The molecule has 3 rings (SSSR count). The summed E-state index contributed by atoms with van der Waals surface area (Å²) in [5.74, 6) is 0.519. The molecule has 3 aromatic carbocycles. The molecule has 282 valence electrons. The number of hydrogen-bond acceptors (Lipinski definition) is 6. The Labute approximate surface area is 312 Å². The van der Waals surface area contributed by atoms with Gasteiger partial charge in [-0.25, -0.2) is 4.79 Å². The highest BCUT2D eigenvalue weighted by Gasteiger charge is 2.20. The Morgan fingerprint density at radius 2 is 1.25 bits per heavy atom. The van der Waals surface area contributed by atoms with Crippen molar-refractivity contribution < 1.29 is 23.9 Å². The summed E-state index contributed by atoms with van der Waals surface area (Å²) in [4.78, 5) is 24.1. The number of carbonyl (C=O) groups is 1. The molecule has 0 aliphatic heterocycles. The van der Waals surface area contributed by atoms with Crippen molar-refractivity contribution in [2.24, 2.45) is 0 Å². The average molecular weight is 712 g/mol. The Kier molecular flexibility index (Phi) is 20.6. The van der Waals surface area contributed by atoms with Crippen molar-refractivity contribution in [1.29, 1.82) is 0 Å². The topological polar surface area (TPSA) is 87.9 Å². The molecule has 52 heavy (non-hydrogen) atoms. The van der Waals surface area contributed by atoms with Crippen LogP contribution in [0.15, 0.2) is 91.0 Å². The molecule has 0 spiro atoms. The summed E-state index contributed by atoms with van der Waals surface area (Å²) in [6, 6.07) is 19.3. The van der Waals surface area contributed by atoms with E-state index in [0.717, 1.165) is 61.8 Å². The maximum absolute atomic E-state index is 12.9. The van der Waals surface area contributed by atoms with E-state index in [1.807, 2.05) is 43.3 Å². The predicted molar refractivity (Wildman–Crippen MR) is 214 cm³/mol. The summed E-state index contributed by atoms with van der Waals surface area (Å²) >= 11 is 0. The van der Waals surface area contributed by atoms with Gasteiger partial charge in [-0.3, -0.25) is 10.1 Å². The lowest BCUT2D eigenvalue weighted by molar-refractivity contribution is -0.386. The standard InChI is InChI=1S/C45H61NO6/c1-4-6-8-10-11-12-13-14-15-16-17-18-19-20-21-23-35-50-41-31-29-39(30-32-41)38-25-27-40(28-26-38)45(47)52-42-33-34-44(43(36-42)46(48)49)51-37(3)24-22-9-7-5-2/h11-12,14-15,25-34,36-37H,4-10,13,16-24,35H2,1-3H3/b12-11-,15-14-/t37-/m0/s1. The normalized spacial score (nSPS) is 12.0. The first-order valence-corrected chi connectivity index (χ1v) is 19.7. The molecule has 1 atom stereocenters. The van der Waals surface area contributed by atoms with Gasteiger partial charge in [0.15, 0.2) is 5.75 Å². The fourth-order valence-electron chi connectivity index (χ4n) is 5.93. The number of nitro groups is 1. The van der Waals surface area contributed by atoms with Gasteiger partial charge in [0.05, 0.1) is 29.3 Å². The number of benzene rings is 3. The van der Waals surface area contributed by atoms with Gasteiger partial charge in [0.1, 0.15) is 11.5 Å². The molecule has 7 nitrogen and oxygen atoms in total. The summed E-state index contributed by atoms with van der Waals surface area (Å²) in [5.41, 5.74) is 2.08. The zero-order valence-corrected chi connectivity index (χ0v) is 31.9.